The van der Waals surface area contributed by atoms with Crippen LogP contribution in [-0.2, 0) is 9.84 Å². The topological polar surface area (TPSA) is 34.1 Å². The maximum absolute atomic E-state index is 14.0. The fourth-order valence-corrected chi connectivity index (χ4v) is 6.11. The van der Waals surface area contributed by atoms with Crippen LogP contribution in [0.5, 0.6) is 0 Å². The van der Waals surface area contributed by atoms with Gasteiger partial charge in [0.1, 0.15) is 0 Å². The molecule has 2 aromatic rings. The maximum Gasteiger partial charge on any atom is 0.461 e. The van der Waals surface area contributed by atoms with E-state index in [1.165, 1.54) is 23.6 Å². The van der Waals surface area contributed by atoms with Crippen LogP contribution < -0.4 is 0 Å². The van der Waals surface area contributed by atoms with Gasteiger partial charge >= 0.3 is 17.4 Å². The van der Waals surface area contributed by atoms with Crippen LogP contribution in [0.15, 0.2) is 43.5 Å². The Balaban J connectivity index is 2.83. The highest BCUT2D eigenvalue weighted by Crippen LogP contribution is 2.52. The van der Waals surface area contributed by atoms with E-state index in [1.807, 2.05) is 0 Å². The Bertz CT molecular complexity index is 923. The first kappa shape index (κ1) is 21.6. The van der Waals surface area contributed by atoms with Gasteiger partial charge in [-0.15, -0.1) is 11.3 Å². The van der Waals surface area contributed by atoms with Gasteiger partial charge in [0.25, 0.3) is 9.84 Å². The van der Waals surface area contributed by atoms with Gasteiger partial charge < -0.3 is 0 Å². The smallest absolute Gasteiger partial charge is 0.217 e. The molecule has 1 heterocycles. The molecule has 0 radical (unpaired) electrons. The SMILES string of the molecule is O=S(=O)(c1cc(Br)cc(Br)c1-c1cccs1)C(F)(F)C(F)(F)C(F)(F)F. The standard InChI is InChI=1S/C13H5Br2F7O2S2/c14-6-4-7(15)10(8-2-1-3-25-8)9(5-6)26(23,24)13(21,22)11(16,17)12(18,19)20/h1-5H. The van der Waals surface area contributed by atoms with Crippen LogP contribution in [0.25, 0.3) is 10.4 Å². The van der Waals surface area contributed by atoms with E-state index < -0.39 is 37.6 Å². The molecular formula is C13H5Br2F7O2S2. The first-order valence-electron chi connectivity index (χ1n) is 6.24. The van der Waals surface area contributed by atoms with Crippen LogP contribution in [-0.4, -0.2) is 25.8 Å². The molecule has 1 aromatic heterocycles. The lowest BCUT2D eigenvalue weighted by Gasteiger charge is -2.28. The van der Waals surface area contributed by atoms with E-state index in [0.717, 1.165) is 11.3 Å². The molecule has 0 amide bonds. The average Bonchev–Trinajstić information content (AvgIpc) is 2.98. The molecule has 0 bridgehead atoms. The summed E-state index contributed by atoms with van der Waals surface area (Å²) >= 11 is 6.63. The molecule has 2 nitrogen and oxygen atoms in total. The van der Waals surface area contributed by atoms with Crippen molar-refractivity contribution < 1.29 is 39.2 Å². The highest BCUT2D eigenvalue weighted by atomic mass is 79.9. The van der Waals surface area contributed by atoms with Crippen molar-refractivity contribution in [1.29, 1.82) is 0 Å². The second kappa shape index (κ2) is 6.74. The summed E-state index contributed by atoms with van der Waals surface area (Å²) in [5.41, 5.74) is -0.444. The van der Waals surface area contributed by atoms with Gasteiger partial charge in [-0.05, 0) is 23.6 Å². The lowest BCUT2D eigenvalue weighted by Crippen LogP contribution is -2.56. The number of alkyl halides is 7. The maximum atomic E-state index is 14.0. The van der Waals surface area contributed by atoms with E-state index in [2.05, 4.69) is 31.9 Å². The van der Waals surface area contributed by atoms with Gasteiger partial charge in [-0.2, -0.15) is 30.7 Å². The van der Waals surface area contributed by atoms with E-state index in [-0.39, 0.29) is 13.8 Å². The van der Waals surface area contributed by atoms with Crippen molar-refractivity contribution >= 4 is 53.0 Å². The summed E-state index contributed by atoms with van der Waals surface area (Å²) in [6.07, 6.45) is -6.77. The Kier molecular flexibility index (Phi) is 5.61. The van der Waals surface area contributed by atoms with Gasteiger partial charge in [0.2, 0.25) is 0 Å². The number of sulfone groups is 1. The van der Waals surface area contributed by atoms with Crippen molar-refractivity contribution in [2.24, 2.45) is 0 Å². The fraction of sp³-hybridized carbons (Fsp3) is 0.231. The molecule has 26 heavy (non-hydrogen) atoms. The van der Waals surface area contributed by atoms with Crippen molar-refractivity contribution in [3.63, 3.8) is 0 Å². The van der Waals surface area contributed by atoms with E-state index >= 15 is 0 Å². The zero-order chi connectivity index (χ0) is 20.1. The van der Waals surface area contributed by atoms with Crippen molar-refractivity contribution in [2.75, 3.05) is 0 Å². The van der Waals surface area contributed by atoms with Gasteiger partial charge in [0.15, 0.2) is 0 Å². The molecule has 0 fully saturated rings. The van der Waals surface area contributed by atoms with Crippen molar-refractivity contribution in [3.05, 3.63) is 38.6 Å². The lowest BCUT2D eigenvalue weighted by atomic mass is 10.2. The molecule has 0 saturated carbocycles. The average molecular weight is 550 g/mol. The number of rotatable bonds is 4. The third kappa shape index (κ3) is 3.31. The number of hydrogen-bond donors (Lipinski definition) is 0. The summed E-state index contributed by atoms with van der Waals surface area (Å²) in [6.45, 7) is 0. The second-order valence-corrected chi connectivity index (χ2v) is 9.51. The normalized spacial score (nSPS) is 13.9. The minimum Gasteiger partial charge on any atom is -0.217 e. The Morgan fingerprint density at radius 2 is 1.54 bits per heavy atom. The molecule has 0 N–H and O–H groups in total. The van der Waals surface area contributed by atoms with E-state index in [4.69, 9.17) is 0 Å². The lowest BCUT2D eigenvalue weighted by molar-refractivity contribution is -0.332. The molecule has 0 unspecified atom stereocenters. The first-order valence-corrected chi connectivity index (χ1v) is 10.2. The third-order valence-electron chi connectivity index (χ3n) is 3.13. The Morgan fingerprint density at radius 3 is 2.00 bits per heavy atom. The monoisotopic (exact) mass is 548 g/mol. The van der Waals surface area contributed by atoms with Crippen molar-refractivity contribution in [2.45, 2.75) is 22.2 Å². The molecule has 0 aliphatic rings. The Labute approximate surface area is 163 Å². The van der Waals surface area contributed by atoms with Gasteiger partial charge in [0, 0.05) is 19.4 Å². The number of hydrogen-bond acceptors (Lipinski definition) is 3. The zero-order valence-corrected chi connectivity index (χ0v) is 16.7. The molecule has 0 aliphatic carbocycles. The molecular weight excluding hydrogens is 545 g/mol. The Hall–Kier alpha value is -0.660. The summed E-state index contributed by atoms with van der Waals surface area (Å²) in [7, 11) is -6.44. The molecule has 13 heteroatoms. The summed E-state index contributed by atoms with van der Waals surface area (Å²) in [5, 5.41) is -4.98. The summed E-state index contributed by atoms with van der Waals surface area (Å²) in [5.74, 6) is -6.79. The van der Waals surface area contributed by atoms with E-state index in [0.29, 0.717) is 6.07 Å². The molecule has 0 spiro atoms. The van der Waals surface area contributed by atoms with Gasteiger partial charge in [-0.25, -0.2) is 8.42 Å². The zero-order valence-electron chi connectivity index (χ0n) is 11.9. The molecule has 1 aromatic carbocycles. The minimum atomic E-state index is -6.79. The second-order valence-electron chi connectivity index (χ2n) is 4.83. The van der Waals surface area contributed by atoms with E-state index in [9.17, 15) is 39.2 Å². The summed E-state index contributed by atoms with van der Waals surface area (Å²) in [6, 6.07) is 4.52. The predicted octanol–water partition coefficient (Wildman–Crippen LogP) is 6.50. The molecule has 0 saturated heterocycles. The van der Waals surface area contributed by atoms with Crippen LogP contribution in [0.4, 0.5) is 30.7 Å². The summed E-state index contributed by atoms with van der Waals surface area (Å²) < 4.78 is 116. The molecule has 0 atom stereocenters. The van der Waals surface area contributed by atoms with Gasteiger partial charge in [-0.1, -0.05) is 37.9 Å². The largest absolute Gasteiger partial charge is 0.461 e. The minimum absolute atomic E-state index is 0.0778. The number of halogens is 9. The predicted molar refractivity (Wildman–Crippen MR) is 88.3 cm³/mol. The van der Waals surface area contributed by atoms with Crippen molar-refractivity contribution in [1.82, 2.24) is 0 Å². The van der Waals surface area contributed by atoms with Crippen LogP contribution in [0, 0.1) is 0 Å². The summed E-state index contributed by atoms with van der Waals surface area (Å²) in [4.78, 5) is -1.29. The van der Waals surface area contributed by atoms with Crippen LogP contribution in [0.1, 0.15) is 0 Å². The van der Waals surface area contributed by atoms with E-state index in [1.54, 1.807) is 0 Å². The molecule has 144 valence electrons. The highest BCUT2D eigenvalue weighted by Gasteiger charge is 2.78. The Morgan fingerprint density at radius 1 is 0.962 bits per heavy atom. The van der Waals surface area contributed by atoms with Crippen LogP contribution in [0.2, 0.25) is 0 Å². The molecule has 0 aliphatic heterocycles. The number of benzene rings is 1. The highest BCUT2D eigenvalue weighted by molar-refractivity contribution is 9.11. The number of thiophene rings is 1. The molecule has 2 rings (SSSR count). The first-order chi connectivity index (χ1) is 11.6. The van der Waals surface area contributed by atoms with Gasteiger partial charge in [0.05, 0.1) is 4.90 Å². The van der Waals surface area contributed by atoms with Crippen LogP contribution in [0.3, 0.4) is 0 Å². The fourth-order valence-electron chi connectivity index (χ4n) is 1.89. The third-order valence-corrected chi connectivity index (χ3v) is 6.94. The van der Waals surface area contributed by atoms with Crippen molar-refractivity contribution in [3.8, 4) is 10.4 Å². The quantitative estimate of drug-likeness (QED) is 0.408. The van der Waals surface area contributed by atoms with Crippen LogP contribution >= 0.6 is 43.2 Å². The van der Waals surface area contributed by atoms with Gasteiger partial charge in [-0.3, -0.25) is 0 Å².